The number of benzene rings is 1. The smallest absolute Gasteiger partial charge is 0.234 e. The number of para-hydroxylation sites is 1. The summed E-state index contributed by atoms with van der Waals surface area (Å²) in [5.41, 5.74) is 5.88. The second kappa shape index (κ2) is 6.57. The van der Waals surface area contributed by atoms with Gasteiger partial charge in [-0.25, -0.2) is 4.39 Å². The quantitative estimate of drug-likeness (QED) is 0.828. The maximum absolute atomic E-state index is 13.4. The molecule has 0 fully saturated rings. The van der Waals surface area contributed by atoms with Crippen molar-refractivity contribution in [3.8, 4) is 0 Å². The highest BCUT2D eigenvalue weighted by Gasteiger charge is 2.15. The lowest BCUT2D eigenvalue weighted by atomic mass is 10.3. The van der Waals surface area contributed by atoms with Gasteiger partial charge in [-0.3, -0.25) is 9.36 Å². The topological polar surface area (TPSA) is 85.8 Å². The van der Waals surface area contributed by atoms with Crippen LogP contribution in [0.3, 0.4) is 0 Å². The summed E-state index contributed by atoms with van der Waals surface area (Å²) < 4.78 is 15.2. The number of thioether (sulfide) groups is 1. The van der Waals surface area contributed by atoms with Gasteiger partial charge in [-0.2, -0.15) is 0 Å². The zero-order valence-electron chi connectivity index (χ0n) is 11.7. The lowest BCUT2D eigenvalue weighted by molar-refractivity contribution is -0.113. The number of aromatic nitrogens is 3. The molecule has 6 nitrogen and oxygen atoms in total. The first kappa shape index (κ1) is 15.3. The Morgan fingerprint density at radius 2 is 2.14 bits per heavy atom. The van der Waals surface area contributed by atoms with E-state index in [1.54, 1.807) is 16.7 Å². The summed E-state index contributed by atoms with van der Waals surface area (Å²) in [6.45, 7) is 3.90. The zero-order chi connectivity index (χ0) is 15.4. The van der Waals surface area contributed by atoms with E-state index in [0.717, 1.165) is 0 Å². The van der Waals surface area contributed by atoms with E-state index in [4.69, 9.17) is 5.73 Å². The molecule has 112 valence electrons. The predicted octanol–water partition coefficient (Wildman–Crippen LogP) is 2.31. The zero-order valence-corrected chi connectivity index (χ0v) is 12.5. The number of amides is 1. The lowest BCUT2D eigenvalue weighted by Gasteiger charge is -2.11. The van der Waals surface area contributed by atoms with Crippen LogP contribution in [0.1, 0.15) is 19.9 Å². The number of nitrogens with two attached hydrogens (primary N) is 1. The molecular weight excluding hydrogens is 293 g/mol. The Morgan fingerprint density at radius 1 is 1.43 bits per heavy atom. The number of halogens is 1. The van der Waals surface area contributed by atoms with Crippen LogP contribution in [0.25, 0.3) is 0 Å². The number of nitrogens with zero attached hydrogens (tertiary/aromatic N) is 3. The van der Waals surface area contributed by atoms with Crippen molar-refractivity contribution >= 4 is 29.3 Å². The Labute approximate surface area is 125 Å². The van der Waals surface area contributed by atoms with Crippen LogP contribution < -0.4 is 11.1 Å². The molecule has 1 heterocycles. The van der Waals surface area contributed by atoms with E-state index < -0.39 is 5.82 Å². The van der Waals surface area contributed by atoms with Gasteiger partial charge < -0.3 is 11.1 Å². The van der Waals surface area contributed by atoms with Gasteiger partial charge in [0.2, 0.25) is 11.9 Å². The molecule has 2 rings (SSSR count). The summed E-state index contributed by atoms with van der Waals surface area (Å²) >= 11 is 1.20. The first-order valence-corrected chi connectivity index (χ1v) is 7.35. The number of nitrogens with one attached hydrogen (secondary N) is 1. The molecule has 3 N–H and O–H groups in total. The van der Waals surface area contributed by atoms with Crippen LogP contribution in [0.5, 0.6) is 0 Å². The van der Waals surface area contributed by atoms with Gasteiger partial charge in [-0.1, -0.05) is 23.9 Å². The highest BCUT2D eigenvalue weighted by molar-refractivity contribution is 7.99. The van der Waals surface area contributed by atoms with Gasteiger partial charge in [0, 0.05) is 6.04 Å². The number of rotatable bonds is 5. The molecule has 0 aliphatic rings. The van der Waals surface area contributed by atoms with Crippen molar-refractivity contribution < 1.29 is 9.18 Å². The van der Waals surface area contributed by atoms with Crippen molar-refractivity contribution in [3.63, 3.8) is 0 Å². The predicted molar refractivity (Wildman–Crippen MR) is 80.6 cm³/mol. The fraction of sp³-hybridized carbons (Fsp3) is 0.308. The van der Waals surface area contributed by atoms with E-state index in [1.807, 2.05) is 13.8 Å². The lowest BCUT2D eigenvalue weighted by Crippen LogP contribution is -2.16. The van der Waals surface area contributed by atoms with Crippen LogP contribution in [0.15, 0.2) is 29.4 Å². The standard InChI is InChI=1S/C13H16FN5OS/c1-8(2)19-12(15)17-18-13(19)21-7-11(20)16-10-6-4-3-5-9(10)14/h3-6,8H,7H2,1-2H3,(H2,15,17)(H,16,20). The van der Waals surface area contributed by atoms with Gasteiger partial charge in [-0.05, 0) is 26.0 Å². The minimum atomic E-state index is -0.467. The van der Waals surface area contributed by atoms with Gasteiger partial charge in [0.05, 0.1) is 11.4 Å². The summed E-state index contributed by atoms with van der Waals surface area (Å²) in [7, 11) is 0. The van der Waals surface area contributed by atoms with E-state index in [2.05, 4.69) is 15.5 Å². The van der Waals surface area contributed by atoms with E-state index >= 15 is 0 Å². The van der Waals surface area contributed by atoms with E-state index in [9.17, 15) is 9.18 Å². The Morgan fingerprint density at radius 3 is 2.81 bits per heavy atom. The number of carbonyl (C=O) groups excluding carboxylic acids is 1. The highest BCUT2D eigenvalue weighted by Crippen LogP contribution is 2.22. The summed E-state index contributed by atoms with van der Waals surface area (Å²) in [6.07, 6.45) is 0. The molecule has 0 saturated carbocycles. The highest BCUT2D eigenvalue weighted by atomic mass is 32.2. The molecule has 0 bridgehead atoms. The van der Waals surface area contributed by atoms with Crippen LogP contribution >= 0.6 is 11.8 Å². The molecule has 21 heavy (non-hydrogen) atoms. The second-order valence-electron chi connectivity index (χ2n) is 4.62. The summed E-state index contributed by atoms with van der Waals surface area (Å²) in [4.78, 5) is 11.8. The second-order valence-corrected chi connectivity index (χ2v) is 5.56. The number of nitrogen functional groups attached to an aromatic ring is 1. The van der Waals surface area contributed by atoms with E-state index in [-0.39, 0.29) is 23.4 Å². The molecule has 2 aromatic rings. The number of hydrogen-bond acceptors (Lipinski definition) is 5. The Balaban J connectivity index is 1.98. The molecule has 0 unspecified atom stereocenters. The SMILES string of the molecule is CC(C)n1c(N)nnc1SCC(=O)Nc1ccccc1F. The van der Waals surface area contributed by atoms with Crippen molar-refractivity contribution in [2.45, 2.75) is 25.0 Å². The average molecular weight is 309 g/mol. The molecule has 0 radical (unpaired) electrons. The number of anilines is 2. The van der Waals surface area contributed by atoms with E-state index in [1.165, 1.54) is 23.9 Å². The first-order chi connectivity index (χ1) is 9.99. The largest absolute Gasteiger partial charge is 0.368 e. The fourth-order valence-electron chi connectivity index (χ4n) is 1.75. The van der Waals surface area contributed by atoms with Gasteiger partial charge in [0.25, 0.3) is 0 Å². The molecule has 0 saturated heterocycles. The maximum atomic E-state index is 13.4. The minimum absolute atomic E-state index is 0.0946. The molecule has 0 atom stereocenters. The fourth-order valence-corrected chi connectivity index (χ4v) is 2.63. The summed E-state index contributed by atoms with van der Waals surface area (Å²) in [6, 6.07) is 6.11. The van der Waals surface area contributed by atoms with Crippen LogP contribution in [-0.2, 0) is 4.79 Å². The van der Waals surface area contributed by atoms with Crippen molar-refractivity contribution in [3.05, 3.63) is 30.1 Å². The molecule has 8 heteroatoms. The van der Waals surface area contributed by atoms with Gasteiger partial charge in [-0.15, -0.1) is 10.2 Å². The average Bonchev–Trinajstić information content (AvgIpc) is 2.80. The number of hydrogen-bond donors (Lipinski definition) is 2. The summed E-state index contributed by atoms with van der Waals surface area (Å²) in [5, 5.41) is 10.8. The molecule has 1 aromatic carbocycles. The van der Waals surface area contributed by atoms with Crippen molar-refractivity contribution in [1.82, 2.24) is 14.8 Å². The van der Waals surface area contributed by atoms with E-state index in [0.29, 0.717) is 11.1 Å². The van der Waals surface area contributed by atoms with Crippen LogP contribution in [-0.4, -0.2) is 26.4 Å². The molecule has 0 aliphatic carbocycles. The first-order valence-electron chi connectivity index (χ1n) is 6.36. The van der Waals surface area contributed by atoms with Crippen molar-refractivity contribution in [1.29, 1.82) is 0 Å². The van der Waals surface area contributed by atoms with Crippen LogP contribution in [0.4, 0.5) is 16.0 Å². The van der Waals surface area contributed by atoms with Crippen molar-refractivity contribution in [2.24, 2.45) is 0 Å². The van der Waals surface area contributed by atoms with Gasteiger partial charge in [0.15, 0.2) is 5.16 Å². The summed E-state index contributed by atoms with van der Waals surface area (Å²) in [5.74, 6) is -0.381. The van der Waals surface area contributed by atoms with Gasteiger partial charge in [0.1, 0.15) is 5.82 Å². The normalized spacial score (nSPS) is 10.9. The number of carbonyl (C=O) groups is 1. The Hall–Kier alpha value is -2.09. The molecule has 0 spiro atoms. The van der Waals surface area contributed by atoms with Crippen LogP contribution in [0, 0.1) is 5.82 Å². The molecular formula is C13H16FN5OS. The molecule has 1 aromatic heterocycles. The minimum Gasteiger partial charge on any atom is -0.368 e. The monoisotopic (exact) mass is 309 g/mol. The third-order valence-electron chi connectivity index (χ3n) is 2.69. The van der Waals surface area contributed by atoms with Crippen molar-refractivity contribution in [2.75, 3.05) is 16.8 Å². The molecule has 0 aliphatic heterocycles. The third kappa shape index (κ3) is 3.72. The third-order valence-corrected chi connectivity index (χ3v) is 3.63. The Bertz CT molecular complexity index is 643. The Kier molecular flexibility index (Phi) is 4.79. The van der Waals surface area contributed by atoms with Crippen LogP contribution in [0.2, 0.25) is 0 Å². The van der Waals surface area contributed by atoms with Gasteiger partial charge >= 0.3 is 0 Å². The molecule has 1 amide bonds. The maximum Gasteiger partial charge on any atom is 0.234 e.